The second-order valence-electron chi connectivity index (χ2n) is 4.17. The van der Waals surface area contributed by atoms with Crippen LogP contribution in [-0.4, -0.2) is 19.2 Å². The first-order valence-electron chi connectivity index (χ1n) is 5.63. The van der Waals surface area contributed by atoms with Crippen molar-refractivity contribution in [2.24, 2.45) is 5.92 Å². The lowest BCUT2D eigenvalue weighted by Gasteiger charge is -2.10. The van der Waals surface area contributed by atoms with Gasteiger partial charge in [0.05, 0.1) is 25.2 Å². The van der Waals surface area contributed by atoms with Crippen molar-refractivity contribution in [3.8, 4) is 6.07 Å². The molecule has 0 aliphatic carbocycles. The number of nitrogens with zero attached hydrogens (tertiary/aromatic N) is 1. The molecule has 0 bridgehead atoms. The zero-order valence-corrected chi connectivity index (χ0v) is 9.23. The van der Waals surface area contributed by atoms with Crippen LogP contribution in [0.25, 0.3) is 0 Å². The van der Waals surface area contributed by atoms with Crippen molar-refractivity contribution >= 4 is 0 Å². The maximum Gasteiger partial charge on any atom is 0.0717 e. The molecule has 0 aromatic heterocycles. The summed E-state index contributed by atoms with van der Waals surface area (Å²) in [5.74, 6) is 0.158. The summed E-state index contributed by atoms with van der Waals surface area (Å²) in [4.78, 5) is 0. The van der Waals surface area contributed by atoms with E-state index in [1.807, 2.05) is 18.2 Å². The molecule has 3 heteroatoms. The number of hydrogen-bond acceptors (Lipinski definition) is 3. The van der Waals surface area contributed by atoms with Crippen LogP contribution in [0.3, 0.4) is 0 Å². The maximum absolute atomic E-state index is 8.76. The molecular formula is C13H16N2O. The molecule has 0 unspecified atom stereocenters. The van der Waals surface area contributed by atoms with Crippen LogP contribution in [0.5, 0.6) is 0 Å². The number of rotatable bonds is 4. The van der Waals surface area contributed by atoms with Gasteiger partial charge < -0.3 is 10.1 Å². The highest BCUT2D eigenvalue weighted by atomic mass is 16.5. The number of benzene rings is 1. The zero-order chi connectivity index (χ0) is 11.2. The Morgan fingerprint density at radius 3 is 2.88 bits per heavy atom. The van der Waals surface area contributed by atoms with Crippen molar-refractivity contribution in [3.63, 3.8) is 0 Å². The highest BCUT2D eigenvalue weighted by Crippen LogP contribution is 2.13. The largest absolute Gasteiger partial charge is 0.375 e. The monoisotopic (exact) mass is 216 g/mol. The first-order chi connectivity index (χ1) is 7.88. The molecule has 2 rings (SSSR count). The maximum atomic E-state index is 8.76. The Balaban J connectivity index is 1.68. The SMILES string of the molecule is N#C[C@@H]1CN[C@H](COCc2ccccc2)C1. The summed E-state index contributed by atoms with van der Waals surface area (Å²) < 4.78 is 5.62. The third-order valence-electron chi connectivity index (χ3n) is 2.84. The van der Waals surface area contributed by atoms with E-state index in [0.717, 1.165) is 13.0 Å². The number of nitrogens with one attached hydrogen (secondary N) is 1. The molecule has 3 nitrogen and oxygen atoms in total. The molecule has 0 amide bonds. The zero-order valence-electron chi connectivity index (χ0n) is 9.23. The standard InChI is InChI=1S/C13H16N2O/c14-7-12-6-13(15-8-12)10-16-9-11-4-2-1-3-5-11/h1-5,12-13,15H,6,8-10H2/t12-,13+/m1/s1. The van der Waals surface area contributed by atoms with Crippen molar-refractivity contribution in [1.82, 2.24) is 5.32 Å². The normalized spacial score (nSPS) is 24.2. The third-order valence-corrected chi connectivity index (χ3v) is 2.84. The van der Waals surface area contributed by atoms with E-state index in [1.165, 1.54) is 5.56 Å². The van der Waals surface area contributed by atoms with E-state index in [9.17, 15) is 0 Å². The highest BCUT2D eigenvalue weighted by Gasteiger charge is 2.23. The van der Waals surface area contributed by atoms with E-state index >= 15 is 0 Å². The predicted octanol–water partition coefficient (Wildman–Crippen LogP) is 1.70. The Morgan fingerprint density at radius 2 is 2.19 bits per heavy atom. The Kier molecular flexibility index (Phi) is 3.92. The van der Waals surface area contributed by atoms with E-state index in [1.54, 1.807) is 0 Å². The van der Waals surface area contributed by atoms with Gasteiger partial charge in [-0.1, -0.05) is 30.3 Å². The molecule has 1 N–H and O–H groups in total. The Bertz CT molecular complexity index is 358. The van der Waals surface area contributed by atoms with Crippen molar-refractivity contribution in [1.29, 1.82) is 5.26 Å². The van der Waals surface area contributed by atoms with Gasteiger partial charge in [-0.2, -0.15) is 5.26 Å². The van der Waals surface area contributed by atoms with Crippen LogP contribution >= 0.6 is 0 Å². The summed E-state index contributed by atoms with van der Waals surface area (Å²) in [6.07, 6.45) is 0.908. The van der Waals surface area contributed by atoms with Crippen LogP contribution in [0, 0.1) is 17.2 Å². The Hall–Kier alpha value is -1.37. The van der Waals surface area contributed by atoms with Gasteiger partial charge in [0.25, 0.3) is 0 Å². The summed E-state index contributed by atoms with van der Waals surface area (Å²) in [5, 5.41) is 12.1. The van der Waals surface area contributed by atoms with E-state index in [-0.39, 0.29) is 5.92 Å². The van der Waals surface area contributed by atoms with Gasteiger partial charge in [-0.15, -0.1) is 0 Å². The molecule has 1 heterocycles. The average Bonchev–Trinajstić information content (AvgIpc) is 2.78. The minimum absolute atomic E-state index is 0.158. The van der Waals surface area contributed by atoms with Crippen LogP contribution in [0.15, 0.2) is 30.3 Å². The van der Waals surface area contributed by atoms with Gasteiger partial charge >= 0.3 is 0 Å². The first-order valence-corrected chi connectivity index (χ1v) is 5.63. The summed E-state index contributed by atoms with van der Waals surface area (Å²) in [6.45, 7) is 2.14. The first kappa shape index (κ1) is 11.1. The molecule has 1 aliphatic rings. The van der Waals surface area contributed by atoms with Crippen molar-refractivity contribution in [3.05, 3.63) is 35.9 Å². The van der Waals surface area contributed by atoms with Gasteiger partial charge in [0.2, 0.25) is 0 Å². The molecule has 1 saturated heterocycles. The minimum atomic E-state index is 0.158. The third kappa shape index (κ3) is 3.06. The number of ether oxygens (including phenoxy) is 1. The molecule has 0 spiro atoms. The topological polar surface area (TPSA) is 45.0 Å². The summed E-state index contributed by atoms with van der Waals surface area (Å²) in [5.41, 5.74) is 1.19. The van der Waals surface area contributed by atoms with Crippen LogP contribution in [0.4, 0.5) is 0 Å². The molecule has 0 radical (unpaired) electrons. The quantitative estimate of drug-likeness (QED) is 0.833. The minimum Gasteiger partial charge on any atom is -0.375 e. The van der Waals surface area contributed by atoms with Crippen LogP contribution in [-0.2, 0) is 11.3 Å². The van der Waals surface area contributed by atoms with Gasteiger partial charge in [0.15, 0.2) is 0 Å². The Morgan fingerprint density at radius 1 is 1.38 bits per heavy atom. The van der Waals surface area contributed by atoms with Gasteiger partial charge in [-0.25, -0.2) is 0 Å². The smallest absolute Gasteiger partial charge is 0.0717 e. The van der Waals surface area contributed by atoms with Gasteiger partial charge in [-0.3, -0.25) is 0 Å². The van der Waals surface area contributed by atoms with E-state index in [2.05, 4.69) is 23.5 Å². The summed E-state index contributed by atoms with van der Waals surface area (Å²) in [6, 6.07) is 12.8. The second-order valence-corrected chi connectivity index (χ2v) is 4.17. The summed E-state index contributed by atoms with van der Waals surface area (Å²) >= 11 is 0. The molecule has 84 valence electrons. The second kappa shape index (κ2) is 5.64. The van der Waals surface area contributed by atoms with Crippen molar-refractivity contribution < 1.29 is 4.74 Å². The van der Waals surface area contributed by atoms with E-state index in [0.29, 0.717) is 19.3 Å². The molecule has 16 heavy (non-hydrogen) atoms. The highest BCUT2D eigenvalue weighted by molar-refractivity contribution is 5.13. The molecule has 2 atom stereocenters. The molecule has 1 aromatic rings. The molecule has 1 fully saturated rings. The van der Waals surface area contributed by atoms with Gasteiger partial charge in [0.1, 0.15) is 0 Å². The van der Waals surface area contributed by atoms with E-state index in [4.69, 9.17) is 10.00 Å². The summed E-state index contributed by atoms with van der Waals surface area (Å²) in [7, 11) is 0. The van der Waals surface area contributed by atoms with Crippen molar-refractivity contribution in [2.75, 3.05) is 13.2 Å². The lowest BCUT2D eigenvalue weighted by Crippen LogP contribution is -2.26. The Labute approximate surface area is 96.0 Å². The predicted molar refractivity (Wildman–Crippen MR) is 61.6 cm³/mol. The number of hydrogen-bond donors (Lipinski definition) is 1. The average molecular weight is 216 g/mol. The van der Waals surface area contributed by atoms with E-state index < -0.39 is 0 Å². The fourth-order valence-electron chi connectivity index (χ4n) is 1.94. The lowest BCUT2D eigenvalue weighted by atomic mass is 10.1. The number of nitriles is 1. The van der Waals surface area contributed by atoms with Gasteiger partial charge in [0, 0.05) is 12.6 Å². The molecule has 1 aromatic carbocycles. The fourth-order valence-corrected chi connectivity index (χ4v) is 1.94. The lowest BCUT2D eigenvalue weighted by molar-refractivity contribution is 0.103. The van der Waals surface area contributed by atoms with Crippen LogP contribution < -0.4 is 5.32 Å². The molecule has 0 saturated carbocycles. The van der Waals surface area contributed by atoms with Crippen LogP contribution in [0.2, 0.25) is 0 Å². The molecule has 1 aliphatic heterocycles. The fraction of sp³-hybridized carbons (Fsp3) is 0.462. The van der Waals surface area contributed by atoms with Crippen molar-refractivity contribution in [2.45, 2.75) is 19.1 Å². The molecular weight excluding hydrogens is 200 g/mol. The van der Waals surface area contributed by atoms with Crippen LogP contribution in [0.1, 0.15) is 12.0 Å². The van der Waals surface area contributed by atoms with Gasteiger partial charge in [-0.05, 0) is 12.0 Å².